The van der Waals surface area contributed by atoms with Gasteiger partial charge in [-0.25, -0.2) is 8.42 Å². The first-order chi connectivity index (χ1) is 11.8. The molecule has 0 spiro atoms. The second-order valence-corrected chi connectivity index (χ2v) is 11.0. The standard InChI is InChI=1S/C18H33N3O3S.HI/c1-18(2)13-21(9-7-16(18)22)17(20-15-5-3-4-6-15)19-11-14-8-10-25(23,24)12-14;/h14-16,22H,3-13H2,1-2H3,(H,19,20);1H. The summed E-state index contributed by atoms with van der Waals surface area (Å²) < 4.78 is 23.4. The third kappa shape index (κ3) is 5.70. The summed E-state index contributed by atoms with van der Waals surface area (Å²) in [4.78, 5) is 7.09. The van der Waals surface area contributed by atoms with Crippen molar-refractivity contribution in [1.29, 1.82) is 0 Å². The molecule has 3 aliphatic rings. The lowest BCUT2D eigenvalue weighted by atomic mass is 9.81. The van der Waals surface area contributed by atoms with Crippen LogP contribution in [-0.2, 0) is 9.84 Å². The van der Waals surface area contributed by atoms with Crippen LogP contribution in [0.1, 0.15) is 52.4 Å². The summed E-state index contributed by atoms with van der Waals surface area (Å²) in [7, 11) is -2.85. The fourth-order valence-corrected chi connectivity index (χ4v) is 6.10. The van der Waals surface area contributed by atoms with Crippen LogP contribution in [0.4, 0.5) is 0 Å². The first-order valence-electron chi connectivity index (χ1n) is 9.70. The van der Waals surface area contributed by atoms with E-state index in [1.165, 1.54) is 25.7 Å². The summed E-state index contributed by atoms with van der Waals surface area (Å²) in [5.41, 5.74) is -0.160. The molecule has 3 rings (SSSR count). The maximum Gasteiger partial charge on any atom is 0.194 e. The number of aliphatic imine (C=N–C) groups is 1. The van der Waals surface area contributed by atoms with Crippen LogP contribution in [-0.4, -0.2) is 67.7 Å². The molecule has 0 bridgehead atoms. The SMILES string of the molecule is CC1(C)CN(C(=NCC2CCS(=O)(=O)C2)NC2CCCC2)CCC1O.I. The van der Waals surface area contributed by atoms with Gasteiger partial charge in [-0.15, -0.1) is 24.0 Å². The number of aliphatic hydroxyl groups is 1. The van der Waals surface area contributed by atoms with Crippen molar-refractivity contribution in [3.05, 3.63) is 0 Å². The van der Waals surface area contributed by atoms with Crippen LogP contribution < -0.4 is 5.32 Å². The van der Waals surface area contributed by atoms with E-state index in [9.17, 15) is 13.5 Å². The molecule has 2 unspecified atom stereocenters. The Morgan fingerprint density at radius 1 is 1.23 bits per heavy atom. The number of rotatable bonds is 3. The van der Waals surface area contributed by atoms with Crippen LogP contribution in [0.3, 0.4) is 0 Å². The molecule has 0 radical (unpaired) electrons. The number of nitrogens with zero attached hydrogens (tertiary/aromatic N) is 2. The smallest absolute Gasteiger partial charge is 0.194 e. The van der Waals surface area contributed by atoms with Crippen molar-refractivity contribution in [2.24, 2.45) is 16.3 Å². The van der Waals surface area contributed by atoms with Crippen LogP contribution in [0.15, 0.2) is 4.99 Å². The average Bonchev–Trinajstić information content (AvgIpc) is 3.15. The minimum absolute atomic E-state index is 0. The van der Waals surface area contributed by atoms with Crippen LogP contribution in [0.2, 0.25) is 0 Å². The summed E-state index contributed by atoms with van der Waals surface area (Å²) in [5.74, 6) is 1.64. The number of halogens is 1. The molecule has 2 aliphatic heterocycles. The van der Waals surface area contributed by atoms with Gasteiger partial charge >= 0.3 is 0 Å². The lowest BCUT2D eigenvalue weighted by Gasteiger charge is -2.43. The third-order valence-electron chi connectivity index (χ3n) is 5.99. The predicted octanol–water partition coefficient (Wildman–Crippen LogP) is 2.02. The van der Waals surface area contributed by atoms with Gasteiger partial charge in [-0.3, -0.25) is 4.99 Å². The number of sulfone groups is 1. The van der Waals surface area contributed by atoms with Crippen LogP contribution in [0.5, 0.6) is 0 Å². The molecule has 6 nitrogen and oxygen atoms in total. The highest BCUT2D eigenvalue weighted by Gasteiger charge is 2.36. The van der Waals surface area contributed by atoms with Gasteiger partial charge < -0.3 is 15.3 Å². The van der Waals surface area contributed by atoms with Gasteiger partial charge in [0.2, 0.25) is 0 Å². The quantitative estimate of drug-likeness (QED) is 0.353. The molecule has 0 aromatic heterocycles. The molecule has 26 heavy (non-hydrogen) atoms. The highest BCUT2D eigenvalue weighted by molar-refractivity contribution is 14.0. The van der Waals surface area contributed by atoms with Gasteiger partial charge in [-0.2, -0.15) is 0 Å². The van der Waals surface area contributed by atoms with Crippen molar-refractivity contribution in [3.8, 4) is 0 Å². The number of nitrogens with one attached hydrogen (secondary N) is 1. The number of aliphatic hydroxyl groups excluding tert-OH is 1. The Bertz CT molecular complexity index is 603. The molecule has 2 atom stereocenters. The molecule has 2 N–H and O–H groups in total. The van der Waals surface area contributed by atoms with Gasteiger partial charge in [0.05, 0.1) is 17.6 Å². The van der Waals surface area contributed by atoms with Crippen LogP contribution >= 0.6 is 24.0 Å². The van der Waals surface area contributed by atoms with E-state index < -0.39 is 9.84 Å². The summed E-state index contributed by atoms with van der Waals surface area (Å²) in [6, 6.07) is 0.473. The fourth-order valence-electron chi connectivity index (χ4n) is 4.25. The Kier molecular flexibility index (Phi) is 7.63. The van der Waals surface area contributed by atoms with E-state index in [0.29, 0.717) is 18.3 Å². The topological polar surface area (TPSA) is 82.0 Å². The number of hydrogen-bond donors (Lipinski definition) is 2. The van der Waals surface area contributed by atoms with Gasteiger partial charge in [-0.05, 0) is 31.6 Å². The number of hydrogen-bond acceptors (Lipinski definition) is 4. The molecule has 2 saturated heterocycles. The first-order valence-corrected chi connectivity index (χ1v) is 11.5. The normalized spacial score (nSPS) is 31.7. The Morgan fingerprint density at radius 2 is 1.92 bits per heavy atom. The second kappa shape index (κ2) is 8.94. The van der Waals surface area contributed by atoms with Crippen molar-refractivity contribution in [2.75, 3.05) is 31.1 Å². The molecule has 152 valence electrons. The molecule has 0 aromatic carbocycles. The predicted molar refractivity (Wildman–Crippen MR) is 116 cm³/mol. The van der Waals surface area contributed by atoms with Crippen molar-refractivity contribution in [3.63, 3.8) is 0 Å². The van der Waals surface area contributed by atoms with E-state index >= 15 is 0 Å². The van der Waals surface area contributed by atoms with Gasteiger partial charge in [0.1, 0.15) is 0 Å². The molecule has 1 saturated carbocycles. The van der Waals surface area contributed by atoms with E-state index in [0.717, 1.165) is 31.9 Å². The zero-order valence-electron chi connectivity index (χ0n) is 16.0. The van der Waals surface area contributed by atoms with Gasteiger partial charge in [-0.1, -0.05) is 26.7 Å². The van der Waals surface area contributed by atoms with Crippen LogP contribution in [0.25, 0.3) is 0 Å². The number of guanidine groups is 1. The Balaban J connectivity index is 0.00000243. The maximum absolute atomic E-state index is 11.7. The van der Waals surface area contributed by atoms with Crippen molar-refractivity contribution in [1.82, 2.24) is 10.2 Å². The molecule has 0 amide bonds. The van der Waals surface area contributed by atoms with E-state index in [4.69, 9.17) is 4.99 Å². The highest BCUT2D eigenvalue weighted by atomic mass is 127. The van der Waals surface area contributed by atoms with Crippen LogP contribution in [0, 0.1) is 11.3 Å². The van der Waals surface area contributed by atoms with E-state index in [-0.39, 0.29) is 47.2 Å². The monoisotopic (exact) mass is 499 g/mol. The summed E-state index contributed by atoms with van der Waals surface area (Å²) in [6.45, 7) is 6.34. The summed E-state index contributed by atoms with van der Waals surface area (Å²) >= 11 is 0. The molecule has 1 aliphatic carbocycles. The zero-order chi connectivity index (χ0) is 18.1. The van der Waals surface area contributed by atoms with Gasteiger partial charge in [0, 0.05) is 31.1 Å². The minimum Gasteiger partial charge on any atom is -0.392 e. The van der Waals surface area contributed by atoms with E-state index in [2.05, 4.69) is 24.1 Å². The van der Waals surface area contributed by atoms with Gasteiger partial charge in [0.15, 0.2) is 15.8 Å². The molecule has 0 aromatic rings. The third-order valence-corrected chi connectivity index (χ3v) is 7.82. The lowest BCUT2D eigenvalue weighted by molar-refractivity contribution is -0.00520. The van der Waals surface area contributed by atoms with E-state index in [1.54, 1.807) is 0 Å². The zero-order valence-corrected chi connectivity index (χ0v) is 19.1. The lowest BCUT2D eigenvalue weighted by Crippen LogP contribution is -2.55. The van der Waals surface area contributed by atoms with Gasteiger partial charge in [0.25, 0.3) is 0 Å². The molecular formula is C18H34IN3O3S. The first kappa shape index (κ1) is 22.2. The number of likely N-dealkylation sites (tertiary alicyclic amines) is 1. The molecule has 8 heteroatoms. The van der Waals surface area contributed by atoms with E-state index in [1.807, 2.05) is 0 Å². The molecule has 3 fully saturated rings. The highest BCUT2D eigenvalue weighted by Crippen LogP contribution is 2.29. The average molecular weight is 499 g/mol. The number of piperidine rings is 1. The summed E-state index contributed by atoms with van der Waals surface area (Å²) in [5, 5.41) is 13.9. The van der Waals surface area contributed by atoms with Crippen molar-refractivity contribution >= 4 is 39.8 Å². The summed E-state index contributed by atoms with van der Waals surface area (Å²) in [6.07, 6.45) is 6.07. The van der Waals surface area contributed by atoms with Crippen molar-refractivity contribution in [2.45, 2.75) is 64.5 Å². The second-order valence-electron chi connectivity index (χ2n) is 8.77. The fraction of sp³-hybridized carbons (Fsp3) is 0.944. The Hall–Kier alpha value is -0.0900. The largest absolute Gasteiger partial charge is 0.392 e. The maximum atomic E-state index is 11.7. The Labute approximate surface area is 175 Å². The van der Waals surface area contributed by atoms with Crippen molar-refractivity contribution < 1.29 is 13.5 Å². The minimum atomic E-state index is -2.85. The molecular weight excluding hydrogens is 465 g/mol. The Morgan fingerprint density at radius 3 is 2.50 bits per heavy atom. The molecule has 2 heterocycles.